The molecule has 0 aliphatic heterocycles. The van der Waals surface area contributed by atoms with Crippen molar-refractivity contribution in [2.45, 2.75) is 50.5 Å². The van der Waals surface area contributed by atoms with E-state index in [0.717, 1.165) is 25.7 Å². The summed E-state index contributed by atoms with van der Waals surface area (Å²) in [5.41, 5.74) is 0.342. The molecule has 0 aromatic heterocycles. The average Bonchev–Trinajstić information content (AvgIpc) is 2.38. The third kappa shape index (κ3) is 3.26. The Morgan fingerprint density at radius 3 is 2.30 bits per heavy atom. The minimum Gasteiger partial charge on any atom is -0.207 e. The van der Waals surface area contributed by atoms with Crippen molar-refractivity contribution in [2.24, 2.45) is 5.41 Å². The lowest BCUT2D eigenvalue weighted by molar-refractivity contribution is 0.174. The molecule has 0 amide bonds. The van der Waals surface area contributed by atoms with E-state index >= 15 is 0 Å². The van der Waals surface area contributed by atoms with Gasteiger partial charge in [-0.3, -0.25) is 0 Å². The molecule has 5 heteroatoms. The Bertz CT molecular complexity index is 573. The highest BCUT2D eigenvalue weighted by Gasteiger charge is 2.34. The molecule has 0 N–H and O–H groups in total. The largest absolute Gasteiger partial charge is 0.244 e. The summed E-state index contributed by atoms with van der Waals surface area (Å²) in [6.45, 7) is 4.51. The summed E-state index contributed by atoms with van der Waals surface area (Å²) in [6, 6.07) is 7.12. The molecule has 112 valence electrons. The van der Waals surface area contributed by atoms with E-state index in [2.05, 4.69) is 29.8 Å². The SMILES string of the molecule is CN(C1CCC(C)(C)CC1)S(=O)(=O)c1ccccc1Br. The van der Waals surface area contributed by atoms with Gasteiger partial charge in [-0.05, 0) is 59.2 Å². The van der Waals surface area contributed by atoms with E-state index in [-0.39, 0.29) is 6.04 Å². The van der Waals surface area contributed by atoms with Gasteiger partial charge in [0.25, 0.3) is 0 Å². The van der Waals surface area contributed by atoms with Gasteiger partial charge >= 0.3 is 0 Å². The lowest BCUT2D eigenvalue weighted by Crippen LogP contribution is -2.40. The van der Waals surface area contributed by atoms with E-state index in [1.54, 1.807) is 29.6 Å². The van der Waals surface area contributed by atoms with Gasteiger partial charge in [0.1, 0.15) is 0 Å². The lowest BCUT2D eigenvalue weighted by Gasteiger charge is -2.38. The molecular formula is C15H22BrNO2S. The zero-order valence-electron chi connectivity index (χ0n) is 12.3. The van der Waals surface area contributed by atoms with Gasteiger partial charge in [-0.25, -0.2) is 8.42 Å². The van der Waals surface area contributed by atoms with E-state index in [1.807, 2.05) is 6.07 Å². The molecule has 3 nitrogen and oxygen atoms in total. The summed E-state index contributed by atoms with van der Waals surface area (Å²) in [5.74, 6) is 0. The van der Waals surface area contributed by atoms with Gasteiger partial charge in [-0.15, -0.1) is 0 Å². The Morgan fingerprint density at radius 2 is 1.75 bits per heavy atom. The molecule has 0 atom stereocenters. The summed E-state index contributed by atoms with van der Waals surface area (Å²) in [7, 11) is -1.71. The average molecular weight is 360 g/mol. The first-order chi connectivity index (χ1) is 9.24. The van der Waals surface area contributed by atoms with Crippen LogP contribution in [-0.2, 0) is 10.0 Å². The highest BCUT2D eigenvalue weighted by atomic mass is 79.9. The van der Waals surface area contributed by atoms with Crippen LogP contribution in [0.1, 0.15) is 39.5 Å². The van der Waals surface area contributed by atoms with Crippen LogP contribution < -0.4 is 0 Å². The third-order valence-electron chi connectivity index (χ3n) is 4.32. The predicted octanol–water partition coefficient (Wildman–Crippen LogP) is 4.04. The Labute approximate surface area is 130 Å². The van der Waals surface area contributed by atoms with Gasteiger partial charge in [0.15, 0.2) is 0 Å². The maximum Gasteiger partial charge on any atom is 0.244 e. The zero-order chi connectivity index (χ0) is 15.0. The van der Waals surface area contributed by atoms with E-state index in [0.29, 0.717) is 14.8 Å². The normalized spacial score (nSPS) is 20.2. The summed E-state index contributed by atoms with van der Waals surface area (Å²) in [6.07, 6.45) is 4.03. The summed E-state index contributed by atoms with van der Waals surface area (Å²) < 4.78 is 27.6. The van der Waals surface area contributed by atoms with Crippen LogP contribution in [0.2, 0.25) is 0 Å². The second-order valence-electron chi connectivity index (χ2n) is 6.35. The molecular weight excluding hydrogens is 338 g/mol. The Hall–Kier alpha value is -0.390. The second-order valence-corrected chi connectivity index (χ2v) is 9.17. The maximum absolute atomic E-state index is 12.7. The molecule has 0 bridgehead atoms. The Morgan fingerprint density at radius 1 is 1.20 bits per heavy atom. The first kappa shape index (κ1) is 16.0. The minimum atomic E-state index is -3.42. The van der Waals surface area contributed by atoms with Crippen LogP contribution in [0.5, 0.6) is 0 Å². The molecule has 0 saturated heterocycles. The van der Waals surface area contributed by atoms with E-state index in [4.69, 9.17) is 0 Å². The number of rotatable bonds is 3. The molecule has 1 saturated carbocycles. The van der Waals surface area contributed by atoms with Crippen molar-refractivity contribution in [1.29, 1.82) is 0 Å². The molecule has 1 fully saturated rings. The lowest BCUT2D eigenvalue weighted by atomic mass is 9.76. The van der Waals surface area contributed by atoms with Gasteiger partial charge in [-0.2, -0.15) is 4.31 Å². The first-order valence-corrected chi connectivity index (χ1v) is 9.20. The van der Waals surface area contributed by atoms with Crippen LogP contribution in [0.15, 0.2) is 33.6 Å². The van der Waals surface area contributed by atoms with Gasteiger partial charge < -0.3 is 0 Å². The molecule has 20 heavy (non-hydrogen) atoms. The maximum atomic E-state index is 12.7. The van der Waals surface area contributed by atoms with Crippen molar-refractivity contribution in [1.82, 2.24) is 4.31 Å². The standard InChI is InChI=1S/C15H22BrNO2S/c1-15(2)10-8-12(9-11-15)17(3)20(18,19)14-7-5-4-6-13(14)16/h4-7,12H,8-11H2,1-3H3. The van der Waals surface area contributed by atoms with E-state index in [1.165, 1.54) is 0 Å². The van der Waals surface area contributed by atoms with Gasteiger partial charge in [-0.1, -0.05) is 26.0 Å². The zero-order valence-corrected chi connectivity index (χ0v) is 14.7. The molecule has 1 aromatic rings. The van der Waals surface area contributed by atoms with Crippen LogP contribution in [0, 0.1) is 5.41 Å². The van der Waals surface area contributed by atoms with Gasteiger partial charge in [0.05, 0.1) is 4.90 Å². The fourth-order valence-electron chi connectivity index (χ4n) is 2.75. The van der Waals surface area contributed by atoms with Crippen molar-refractivity contribution in [3.05, 3.63) is 28.7 Å². The summed E-state index contributed by atoms with van der Waals surface area (Å²) >= 11 is 3.34. The molecule has 0 heterocycles. The van der Waals surface area contributed by atoms with Crippen molar-refractivity contribution in [3.63, 3.8) is 0 Å². The number of hydrogen-bond donors (Lipinski definition) is 0. The fraction of sp³-hybridized carbons (Fsp3) is 0.600. The molecule has 1 aromatic carbocycles. The molecule has 2 rings (SSSR count). The van der Waals surface area contributed by atoms with E-state index < -0.39 is 10.0 Å². The van der Waals surface area contributed by atoms with Crippen molar-refractivity contribution < 1.29 is 8.42 Å². The van der Waals surface area contributed by atoms with E-state index in [9.17, 15) is 8.42 Å². The number of hydrogen-bond acceptors (Lipinski definition) is 2. The molecule has 0 unspecified atom stereocenters. The summed E-state index contributed by atoms with van der Waals surface area (Å²) in [4.78, 5) is 0.354. The van der Waals surface area contributed by atoms with Crippen LogP contribution in [0.4, 0.5) is 0 Å². The van der Waals surface area contributed by atoms with Crippen molar-refractivity contribution in [2.75, 3.05) is 7.05 Å². The molecule has 0 spiro atoms. The Balaban J connectivity index is 2.21. The van der Waals surface area contributed by atoms with Gasteiger partial charge in [0.2, 0.25) is 10.0 Å². The number of nitrogens with zero attached hydrogens (tertiary/aromatic N) is 1. The minimum absolute atomic E-state index is 0.111. The highest BCUT2D eigenvalue weighted by molar-refractivity contribution is 9.10. The fourth-order valence-corrected chi connectivity index (χ4v) is 5.13. The van der Waals surface area contributed by atoms with Crippen LogP contribution in [0.3, 0.4) is 0 Å². The number of benzene rings is 1. The number of halogens is 1. The molecule has 1 aliphatic carbocycles. The molecule has 0 radical (unpaired) electrons. The highest BCUT2D eigenvalue weighted by Crippen LogP contribution is 2.38. The number of sulfonamides is 1. The topological polar surface area (TPSA) is 37.4 Å². The van der Waals surface area contributed by atoms with Crippen LogP contribution in [-0.4, -0.2) is 25.8 Å². The molecule has 1 aliphatic rings. The second kappa shape index (κ2) is 5.78. The quantitative estimate of drug-likeness (QED) is 0.816. The van der Waals surface area contributed by atoms with Crippen molar-refractivity contribution in [3.8, 4) is 0 Å². The Kier molecular flexibility index (Phi) is 4.62. The van der Waals surface area contributed by atoms with Crippen molar-refractivity contribution >= 4 is 26.0 Å². The monoisotopic (exact) mass is 359 g/mol. The first-order valence-electron chi connectivity index (χ1n) is 6.97. The smallest absolute Gasteiger partial charge is 0.207 e. The van der Waals surface area contributed by atoms with Crippen LogP contribution in [0.25, 0.3) is 0 Å². The van der Waals surface area contributed by atoms with Gasteiger partial charge in [0, 0.05) is 17.6 Å². The predicted molar refractivity (Wildman–Crippen MR) is 85.1 cm³/mol. The van der Waals surface area contributed by atoms with Crippen LogP contribution >= 0.6 is 15.9 Å². The summed E-state index contributed by atoms with van der Waals surface area (Å²) in [5, 5.41) is 0. The third-order valence-corrected chi connectivity index (χ3v) is 7.24.